The molecule has 0 aliphatic carbocycles. The molecule has 0 radical (unpaired) electrons. The third kappa shape index (κ3) is 14.9. The summed E-state index contributed by atoms with van der Waals surface area (Å²) in [7, 11) is 6.14. The second kappa shape index (κ2) is 23.6. The molecule has 3 aliphatic rings. The largest absolute Gasteiger partial charge is 0.462 e. The van der Waals surface area contributed by atoms with Crippen molar-refractivity contribution in [2.24, 2.45) is 23.2 Å². The van der Waals surface area contributed by atoms with Crippen molar-refractivity contribution in [3.05, 3.63) is 24.3 Å². The molecule has 3 heterocycles. The number of aliphatic hydroxyl groups excluding tert-OH is 1. The van der Waals surface area contributed by atoms with Crippen LogP contribution in [0.25, 0.3) is 0 Å². The zero-order valence-corrected chi connectivity index (χ0v) is 42.4. The van der Waals surface area contributed by atoms with Crippen LogP contribution in [-0.4, -0.2) is 146 Å². The molecule has 1 N–H and O–H groups in total. The van der Waals surface area contributed by atoms with Gasteiger partial charge in [0.15, 0.2) is 33.3 Å². The first-order valence-electron chi connectivity index (χ1n) is 22.7. The zero-order valence-electron chi connectivity index (χ0n) is 41.4. The molecule has 0 spiro atoms. The predicted octanol–water partition coefficient (Wildman–Crippen LogP) is 7.42. The lowest BCUT2D eigenvalue weighted by molar-refractivity contribution is -0.340. The maximum Gasteiger partial charge on any atom is 0.308 e. The molecule has 0 aromatic carbocycles. The SMILES string of the molecule is COC(C[C@H]1C[C@@H](C)[C@@H](O[Si](C)(C)C(C)(C)C)/C=C/C=C/C[C@@H](C)OC(=O)C[C@@H](O)[C@H](OC)[C@H]1O[C@@H]1O[C@H](C)[C@H](O[C@H]2CC(C)(C)[C@@H](C)C(C)O2)C(N(C)C)C1OC(C)=O)OC. The van der Waals surface area contributed by atoms with Gasteiger partial charge in [0.05, 0.1) is 43.0 Å². The standard InChI is InChI=1S/C47H85NO13Si/c1-28-24-34(25-38(52-14)53-15)42(43(54-16)35(50)26-37(51)55-29(2)22-20-19-21-23-36(28)61-62(17,18)46(7,8)9)60-45-44(58-33(6)49)40(48(12)13)41(32(5)57-45)59-39-27-47(10,11)30(3)31(4)56-39/h19-21,23,28-32,34-36,38-45,50H,22,24-27H2,1-18H3/b20-19+,23-21+/t28-,29-,30+,31?,32-,34-,35-,36+,39+,40?,41+,42+,43+,44?,45+/m1/s1. The fraction of sp³-hybridized carbons (Fsp3) is 0.872. The van der Waals surface area contributed by atoms with Crippen molar-refractivity contribution in [3.63, 3.8) is 0 Å². The Labute approximate surface area is 375 Å². The molecule has 360 valence electrons. The summed E-state index contributed by atoms with van der Waals surface area (Å²) < 4.78 is 63.9. The van der Waals surface area contributed by atoms with Crippen molar-refractivity contribution >= 4 is 20.3 Å². The quantitative estimate of drug-likeness (QED) is 0.111. The Morgan fingerprint density at radius 1 is 0.952 bits per heavy atom. The van der Waals surface area contributed by atoms with Crippen LogP contribution in [0.15, 0.2) is 24.3 Å². The number of hydrogen-bond donors (Lipinski definition) is 1. The van der Waals surface area contributed by atoms with E-state index in [1.165, 1.54) is 14.0 Å². The maximum atomic E-state index is 13.3. The molecule has 3 unspecified atom stereocenters. The van der Waals surface area contributed by atoms with Crippen LogP contribution in [0.4, 0.5) is 0 Å². The van der Waals surface area contributed by atoms with Gasteiger partial charge in [-0.25, -0.2) is 0 Å². The third-order valence-corrected chi connectivity index (χ3v) is 18.4. The summed E-state index contributed by atoms with van der Waals surface area (Å²) in [5.41, 5.74) is -0.0457. The number of ether oxygens (including phenoxy) is 9. The van der Waals surface area contributed by atoms with Crippen LogP contribution in [0, 0.1) is 23.2 Å². The number of aliphatic hydroxyl groups is 1. The molecule has 0 bridgehead atoms. The van der Waals surface area contributed by atoms with E-state index >= 15 is 0 Å². The number of nitrogens with zero attached hydrogens (tertiary/aromatic N) is 1. The second-order valence-electron chi connectivity index (χ2n) is 20.5. The fourth-order valence-electron chi connectivity index (χ4n) is 8.73. The summed E-state index contributed by atoms with van der Waals surface area (Å²) in [6, 6.07) is -0.550. The van der Waals surface area contributed by atoms with Gasteiger partial charge in [-0.1, -0.05) is 72.8 Å². The summed E-state index contributed by atoms with van der Waals surface area (Å²) in [5.74, 6) is -1.35. The minimum atomic E-state index is -2.29. The number of rotatable bonds is 13. The number of esters is 2. The molecule has 0 saturated carbocycles. The molecule has 15 atom stereocenters. The Hall–Kier alpha value is -1.76. The maximum absolute atomic E-state index is 13.3. The minimum Gasteiger partial charge on any atom is -0.462 e. The van der Waals surface area contributed by atoms with E-state index in [0.717, 1.165) is 0 Å². The topological polar surface area (TPSA) is 150 Å². The van der Waals surface area contributed by atoms with Crippen molar-refractivity contribution in [2.45, 2.75) is 206 Å². The first-order valence-corrected chi connectivity index (χ1v) is 25.6. The number of allylic oxidation sites excluding steroid dienone is 2. The lowest BCUT2D eigenvalue weighted by Gasteiger charge is -2.51. The summed E-state index contributed by atoms with van der Waals surface area (Å²) in [6.07, 6.45) is 0.879. The lowest BCUT2D eigenvalue weighted by Crippen LogP contribution is -2.66. The summed E-state index contributed by atoms with van der Waals surface area (Å²) in [5, 5.41) is 11.9. The van der Waals surface area contributed by atoms with E-state index in [1.807, 2.05) is 51.1 Å². The van der Waals surface area contributed by atoms with Crippen LogP contribution in [0.5, 0.6) is 0 Å². The van der Waals surface area contributed by atoms with E-state index in [4.69, 9.17) is 47.1 Å². The highest BCUT2D eigenvalue weighted by molar-refractivity contribution is 6.74. The molecule has 2 fully saturated rings. The summed E-state index contributed by atoms with van der Waals surface area (Å²) in [4.78, 5) is 28.3. The van der Waals surface area contributed by atoms with Gasteiger partial charge in [0.2, 0.25) is 0 Å². The van der Waals surface area contributed by atoms with E-state index in [9.17, 15) is 14.7 Å². The van der Waals surface area contributed by atoms with E-state index in [1.54, 1.807) is 14.2 Å². The van der Waals surface area contributed by atoms with E-state index in [-0.39, 0.29) is 35.0 Å². The van der Waals surface area contributed by atoms with Crippen molar-refractivity contribution in [2.75, 3.05) is 35.4 Å². The average Bonchev–Trinajstić information content (AvgIpc) is 3.14. The number of hydrogen-bond acceptors (Lipinski definition) is 14. The van der Waals surface area contributed by atoms with Gasteiger partial charge in [0.1, 0.15) is 18.3 Å². The third-order valence-electron chi connectivity index (χ3n) is 13.9. The van der Waals surface area contributed by atoms with Crippen LogP contribution < -0.4 is 0 Å². The van der Waals surface area contributed by atoms with Gasteiger partial charge in [-0.15, -0.1) is 0 Å². The molecule has 0 aromatic heterocycles. The Bertz CT molecular complexity index is 1450. The van der Waals surface area contributed by atoms with Crippen LogP contribution in [0.1, 0.15) is 108 Å². The molecule has 3 aliphatic heterocycles. The highest BCUT2D eigenvalue weighted by atomic mass is 28.4. The monoisotopic (exact) mass is 900 g/mol. The number of carbonyl (C=O) groups excluding carboxylic acids is 2. The molecule has 14 nitrogen and oxygen atoms in total. The number of likely N-dealkylation sites (N-methyl/N-ethyl adjacent to an activating group) is 1. The molecule has 0 amide bonds. The molecule has 62 heavy (non-hydrogen) atoms. The fourth-order valence-corrected chi connectivity index (χ4v) is 10.1. The highest BCUT2D eigenvalue weighted by Gasteiger charge is 2.53. The normalized spacial score (nSPS) is 38.1. The van der Waals surface area contributed by atoms with Crippen molar-refractivity contribution in [1.29, 1.82) is 0 Å². The van der Waals surface area contributed by atoms with Crippen molar-refractivity contribution in [1.82, 2.24) is 4.90 Å². The Balaban J connectivity index is 2.21. The van der Waals surface area contributed by atoms with Gasteiger partial charge in [-0.3, -0.25) is 9.59 Å². The summed E-state index contributed by atoms with van der Waals surface area (Å²) >= 11 is 0. The van der Waals surface area contributed by atoms with E-state index in [0.29, 0.717) is 31.6 Å². The van der Waals surface area contributed by atoms with Gasteiger partial charge in [-0.2, -0.15) is 0 Å². The predicted molar refractivity (Wildman–Crippen MR) is 241 cm³/mol. The summed E-state index contributed by atoms with van der Waals surface area (Å²) in [6.45, 7) is 27.1. The van der Waals surface area contributed by atoms with Gasteiger partial charge < -0.3 is 57.1 Å². The molecular formula is C47H85NO13Si. The Morgan fingerprint density at radius 2 is 1.60 bits per heavy atom. The second-order valence-corrected chi connectivity index (χ2v) is 25.2. The molecule has 15 heteroatoms. The van der Waals surface area contributed by atoms with E-state index in [2.05, 4.69) is 74.6 Å². The number of methoxy groups -OCH3 is 3. The van der Waals surface area contributed by atoms with Gasteiger partial charge in [-0.05, 0) is 82.6 Å². The zero-order chi connectivity index (χ0) is 46.9. The van der Waals surface area contributed by atoms with Crippen molar-refractivity contribution in [3.8, 4) is 0 Å². The Kier molecular flexibility index (Phi) is 20.8. The van der Waals surface area contributed by atoms with Crippen LogP contribution in [0.2, 0.25) is 18.1 Å². The van der Waals surface area contributed by atoms with Gasteiger partial charge in [0, 0.05) is 47.5 Å². The first-order chi connectivity index (χ1) is 28.8. The average molecular weight is 900 g/mol. The highest BCUT2D eigenvalue weighted by Crippen LogP contribution is 2.44. The van der Waals surface area contributed by atoms with Crippen LogP contribution >= 0.6 is 0 Å². The van der Waals surface area contributed by atoms with Gasteiger partial charge >= 0.3 is 11.9 Å². The molecule has 0 aromatic rings. The molecule has 3 rings (SSSR count). The van der Waals surface area contributed by atoms with Crippen LogP contribution in [-0.2, 0) is 56.6 Å². The molecule has 2 saturated heterocycles. The Morgan fingerprint density at radius 3 is 2.15 bits per heavy atom. The number of cyclic esters (lactones) is 1. The van der Waals surface area contributed by atoms with Gasteiger partial charge in [0.25, 0.3) is 0 Å². The minimum absolute atomic E-state index is 0.0376. The first kappa shape index (κ1) is 54.6. The molecular weight excluding hydrogens is 815 g/mol. The van der Waals surface area contributed by atoms with Crippen molar-refractivity contribution < 1.29 is 61.8 Å². The van der Waals surface area contributed by atoms with E-state index < -0.39 is 93.8 Å². The van der Waals surface area contributed by atoms with Crippen LogP contribution in [0.3, 0.4) is 0 Å². The smallest absolute Gasteiger partial charge is 0.308 e. The lowest BCUT2D eigenvalue weighted by atomic mass is 9.73. The number of carbonyl (C=O) groups is 2.